The van der Waals surface area contributed by atoms with Gasteiger partial charge in [0.05, 0.1) is 29.8 Å². The zero-order valence-electron chi connectivity index (χ0n) is 21.4. The molecule has 5 rings (SSSR count). The summed E-state index contributed by atoms with van der Waals surface area (Å²) < 4.78 is 0. The van der Waals surface area contributed by atoms with Crippen molar-refractivity contribution < 1.29 is 0 Å². The fraction of sp³-hybridized carbons (Fsp3) is 0.129. The summed E-state index contributed by atoms with van der Waals surface area (Å²) in [5.41, 5.74) is 22.3. The number of anilines is 3. The monoisotopic (exact) mass is 499 g/mol. The first-order chi connectivity index (χ1) is 18.4. The first-order valence-corrected chi connectivity index (χ1v) is 12.3. The highest BCUT2D eigenvalue weighted by Gasteiger charge is 2.26. The first-order valence-electron chi connectivity index (χ1n) is 12.3. The van der Waals surface area contributed by atoms with Crippen molar-refractivity contribution >= 4 is 29.1 Å². The molecule has 5 N–H and O–H groups in total. The number of aryl methyl sites for hydroxylation is 2. The number of nitriles is 1. The maximum absolute atomic E-state index is 9.33. The standard InChI is InChI=1S/C31H29N7/c1-19-8-4-5-13-26(19)38-21(3)27-20(2)9-6-11-23(27)15-25(38)17-35-31-28(30(34)36-18-37-31)29(33)24-12-7-10-22(14-24)16-32/h4-15,18,29H,3,17,33H2,1-2H3,(H3,34,35,36,37). The van der Waals surface area contributed by atoms with Crippen molar-refractivity contribution in [2.24, 2.45) is 5.73 Å². The molecule has 4 aromatic rings. The highest BCUT2D eigenvalue weighted by atomic mass is 15.2. The lowest BCUT2D eigenvalue weighted by Gasteiger charge is -2.36. The number of nitrogens with two attached hydrogens (primary N) is 2. The van der Waals surface area contributed by atoms with Crippen LogP contribution in [0.4, 0.5) is 17.3 Å². The van der Waals surface area contributed by atoms with Gasteiger partial charge in [0.2, 0.25) is 0 Å². The molecule has 0 saturated heterocycles. The average molecular weight is 500 g/mol. The van der Waals surface area contributed by atoms with Gasteiger partial charge in [-0.15, -0.1) is 0 Å². The molecule has 38 heavy (non-hydrogen) atoms. The Morgan fingerprint density at radius 3 is 2.58 bits per heavy atom. The van der Waals surface area contributed by atoms with E-state index >= 15 is 0 Å². The van der Waals surface area contributed by atoms with Crippen molar-refractivity contribution in [1.29, 1.82) is 5.26 Å². The highest BCUT2D eigenvalue weighted by molar-refractivity contribution is 5.93. The topological polar surface area (TPSA) is 117 Å². The number of hydrogen-bond donors (Lipinski definition) is 3. The summed E-state index contributed by atoms with van der Waals surface area (Å²) in [5, 5.41) is 12.8. The zero-order chi connectivity index (χ0) is 26.8. The summed E-state index contributed by atoms with van der Waals surface area (Å²) >= 11 is 0. The molecule has 0 bridgehead atoms. The molecule has 7 nitrogen and oxygen atoms in total. The Morgan fingerprint density at radius 1 is 1.03 bits per heavy atom. The van der Waals surface area contributed by atoms with Crippen LogP contribution in [-0.2, 0) is 0 Å². The second-order valence-electron chi connectivity index (χ2n) is 9.33. The molecular weight excluding hydrogens is 470 g/mol. The van der Waals surface area contributed by atoms with Crippen molar-refractivity contribution in [2.45, 2.75) is 19.9 Å². The average Bonchev–Trinajstić information content (AvgIpc) is 2.92. The minimum absolute atomic E-state index is 0.288. The normalized spacial score (nSPS) is 13.4. The summed E-state index contributed by atoms with van der Waals surface area (Å²) in [6, 6.07) is 23.3. The third kappa shape index (κ3) is 4.49. The van der Waals surface area contributed by atoms with E-state index in [1.54, 1.807) is 18.2 Å². The summed E-state index contributed by atoms with van der Waals surface area (Å²) in [6.45, 7) is 9.14. The molecule has 2 heterocycles. The molecule has 0 aliphatic carbocycles. The maximum atomic E-state index is 9.33. The smallest absolute Gasteiger partial charge is 0.136 e. The molecule has 1 aliphatic rings. The molecule has 0 spiro atoms. The van der Waals surface area contributed by atoms with E-state index in [2.05, 4.69) is 83.1 Å². The number of rotatable bonds is 6. The van der Waals surface area contributed by atoms with Crippen LogP contribution >= 0.6 is 0 Å². The van der Waals surface area contributed by atoms with Gasteiger partial charge in [0.15, 0.2) is 0 Å². The minimum Gasteiger partial charge on any atom is -0.383 e. The summed E-state index contributed by atoms with van der Waals surface area (Å²) in [6.07, 6.45) is 3.60. The summed E-state index contributed by atoms with van der Waals surface area (Å²) in [5.74, 6) is 0.828. The number of nitrogen functional groups attached to an aromatic ring is 1. The van der Waals surface area contributed by atoms with Crippen molar-refractivity contribution in [2.75, 3.05) is 22.5 Å². The Kier molecular flexibility index (Phi) is 6.65. The first kappa shape index (κ1) is 24.8. The van der Waals surface area contributed by atoms with Gasteiger partial charge in [-0.2, -0.15) is 5.26 Å². The Balaban J connectivity index is 1.54. The van der Waals surface area contributed by atoms with Crippen molar-refractivity contribution in [1.82, 2.24) is 9.97 Å². The van der Waals surface area contributed by atoms with Crippen LogP contribution in [0.25, 0.3) is 11.8 Å². The highest BCUT2D eigenvalue weighted by Crippen LogP contribution is 2.39. The summed E-state index contributed by atoms with van der Waals surface area (Å²) in [4.78, 5) is 10.9. The van der Waals surface area contributed by atoms with Gasteiger partial charge in [-0.3, -0.25) is 0 Å². The largest absolute Gasteiger partial charge is 0.383 e. The molecule has 0 amide bonds. The predicted molar refractivity (Wildman–Crippen MR) is 154 cm³/mol. The quantitative estimate of drug-likeness (QED) is 0.319. The molecule has 1 aliphatic heterocycles. The van der Waals surface area contributed by atoms with E-state index in [0.29, 0.717) is 23.5 Å². The van der Waals surface area contributed by atoms with E-state index in [1.807, 2.05) is 18.2 Å². The minimum atomic E-state index is -0.613. The fourth-order valence-corrected chi connectivity index (χ4v) is 4.98. The Labute approximate surface area is 222 Å². The lowest BCUT2D eigenvalue weighted by molar-refractivity contribution is 0.855. The van der Waals surface area contributed by atoms with E-state index in [0.717, 1.165) is 39.3 Å². The molecule has 1 atom stereocenters. The maximum Gasteiger partial charge on any atom is 0.136 e. The molecule has 0 saturated carbocycles. The number of nitrogens with one attached hydrogen (secondary N) is 1. The van der Waals surface area contributed by atoms with E-state index < -0.39 is 6.04 Å². The van der Waals surface area contributed by atoms with Gasteiger partial charge in [-0.05, 0) is 60.4 Å². The third-order valence-corrected chi connectivity index (χ3v) is 6.87. The second-order valence-corrected chi connectivity index (χ2v) is 9.33. The molecule has 1 unspecified atom stereocenters. The lowest BCUT2D eigenvalue weighted by atomic mass is 9.93. The van der Waals surface area contributed by atoms with Crippen LogP contribution < -0.4 is 21.7 Å². The number of benzene rings is 3. The van der Waals surface area contributed by atoms with E-state index in [-0.39, 0.29) is 5.82 Å². The van der Waals surface area contributed by atoms with Gasteiger partial charge >= 0.3 is 0 Å². The van der Waals surface area contributed by atoms with Crippen LogP contribution in [0.1, 0.15) is 45.0 Å². The summed E-state index contributed by atoms with van der Waals surface area (Å²) in [7, 11) is 0. The van der Waals surface area contributed by atoms with Crippen LogP contribution in [-0.4, -0.2) is 16.5 Å². The molecule has 3 aromatic carbocycles. The molecular formula is C31H29N7. The molecule has 0 fully saturated rings. The molecule has 0 radical (unpaired) electrons. The van der Waals surface area contributed by atoms with E-state index in [1.165, 1.54) is 11.9 Å². The van der Waals surface area contributed by atoms with Gasteiger partial charge in [0.1, 0.15) is 18.0 Å². The Hall–Kier alpha value is -4.93. The van der Waals surface area contributed by atoms with Gasteiger partial charge in [-0.1, -0.05) is 55.1 Å². The van der Waals surface area contributed by atoms with Crippen LogP contribution in [0.15, 0.2) is 85.3 Å². The van der Waals surface area contributed by atoms with Crippen LogP contribution in [0.5, 0.6) is 0 Å². The van der Waals surface area contributed by atoms with Gasteiger partial charge in [0, 0.05) is 22.6 Å². The zero-order valence-corrected chi connectivity index (χ0v) is 21.4. The van der Waals surface area contributed by atoms with Gasteiger partial charge < -0.3 is 21.7 Å². The van der Waals surface area contributed by atoms with Crippen molar-refractivity contribution in [3.63, 3.8) is 0 Å². The number of nitrogens with zero attached hydrogens (tertiary/aromatic N) is 4. The van der Waals surface area contributed by atoms with Crippen molar-refractivity contribution in [3.8, 4) is 6.07 Å². The second kappa shape index (κ2) is 10.2. The molecule has 188 valence electrons. The fourth-order valence-electron chi connectivity index (χ4n) is 4.98. The number of aromatic nitrogens is 2. The third-order valence-electron chi connectivity index (χ3n) is 6.87. The van der Waals surface area contributed by atoms with Crippen LogP contribution in [0, 0.1) is 25.2 Å². The SMILES string of the molecule is C=C1c2c(C)cccc2C=C(CNc2ncnc(N)c2C(N)c2cccc(C#N)c2)N1c1ccccc1C. The molecule has 7 heteroatoms. The number of fused-ring (bicyclic) bond motifs is 1. The Bertz CT molecular complexity index is 1610. The number of para-hydroxylation sites is 1. The van der Waals surface area contributed by atoms with Gasteiger partial charge in [0.25, 0.3) is 0 Å². The Morgan fingerprint density at radius 2 is 1.79 bits per heavy atom. The number of hydrogen-bond acceptors (Lipinski definition) is 7. The lowest BCUT2D eigenvalue weighted by Crippen LogP contribution is -2.29. The van der Waals surface area contributed by atoms with Gasteiger partial charge in [-0.25, -0.2) is 9.97 Å². The van der Waals surface area contributed by atoms with Crippen molar-refractivity contribution in [3.05, 3.63) is 124 Å². The predicted octanol–water partition coefficient (Wildman–Crippen LogP) is 5.54. The van der Waals surface area contributed by atoms with Crippen LogP contribution in [0.3, 0.4) is 0 Å². The van der Waals surface area contributed by atoms with Crippen LogP contribution in [0.2, 0.25) is 0 Å². The molecule has 1 aromatic heterocycles. The van der Waals surface area contributed by atoms with E-state index in [4.69, 9.17) is 11.5 Å². The van der Waals surface area contributed by atoms with E-state index in [9.17, 15) is 5.26 Å².